The number of benzene rings is 1. The van der Waals surface area contributed by atoms with E-state index in [1.807, 2.05) is 4.57 Å². The van der Waals surface area contributed by atoms with E-state index >= 15 is 0 Å². The minimum absolute atomic E-state index is 0.216. The molecule has 1 fully saturated rings. The van der Waals surface area contributed by atoms with Crippen LogP contribution in [0.3, 0.4) is 0 Å². The van der Waals surface area contributed by atoms with Crippen molar-refractivity contribution in [2.75, 3.05) is 0 Å². The summed E-state index contributed by atoms with van der Waals surface area (Å²) in [5.74, 6) is 0. The number of nitrogens with zero attached hydrogens (tertiary/aromatic N) is 2. The summed E-state index contributed by atoms with van der Waals surface area (Å²) in [5.41, 5.74) is 1.49. The summed E-state index contributed by atoms with van der Waals surface area (Å²) < 4.78 is 2.46. The second-order valence-electron chi connectivity index (χ2n) is 4.71. The average Bonchev–Trinajstić information content (AvgIpc) is 2.82. The van der Waals surface area contributed by atoms with Crippen LogP contribution in [0.15, 0.2) is 16.9 Å². The Kier molecular flexibility index (Phi) is 3.52. The molecule has 0 saturated heterocycles. The normalized spacial score (nSPS) is 27.3. The van der Waals surface area contributed by atoms with Gasteiger partial charge in [0, 0.05) is 0 Å². The maximum atomic E-state index is 10.1. The van der Waals surface area contributed by atoms with Crippen molar-refractivity contribution in [3.8, 4) is 0 Å². The van der Waals surface area contributed by atoms with Gasteiger partial charge >= 0.3 is 0 Å². The summed E-state index contributed by atoms with van der Waals surface area (Å²) >= 11 is 15.4. The van der Waals surface area contributed by atoms with Gasteiger partial charge in [-0.3, -0.25) is 0 Å². The van der Waals surface area contributed by atoms with Gasteiger partial charge in [0.2, 0.25) is 0 Å². The molecule has 0 spiro atoms. The molecule has 0 radical (unpaired) electrons. The molecular weight excluding hydrogens is 355 g/mol. The Balaban J connectivity index is 2.18. The highest BCUT2D eigenvalue weighted by Crippen LogP contribution is 2.37. The molecule has 1 aromatic heterocycles. The lowest BCUT2D eigenvalue weighted by atomic mass is 10.2. The van der Waals surface area contributed by atoms with E-state index in [2.05, 4.69) is 20.9 Å². The Morgan fingerprint density at radius 3 is 2.53 bits per heavy atom. The average molecular weight is 366 g/mol. The number of aromatic nitrogens is 2. The van der Waals surface area contributed by atoms with E-state index < -0.39 is 12.2 Å². The monoisotopic (exact) mass is 364 g/mol. The Labute approximate surface area is 128 Å². The van der Waals surface area contributed by atoms with Crippen molar-refractivity contribution in [3.05, 3.63) is 26.9 Å². The second kappa shape index (κ2) is 4.90. The highest BCUT2D eigenvalue weighted by atomic mass is 79.9. The maximum Gasteiger partial charge on any atom is 0.178 e. The first kappa shape index (κ1) is 13.6. The van der Waals surface area contributed by atoms with Gasteiger partial charge in [0.05, 0.1) is 33.2 Å². The number of fused-ring (bicyclic) bond motifs is 1. The Morgan fingerprint density at radius 1 is 1.21 bits per heavy atom. The van der Waals surface area contributed by atoms with Crippen LogP contribution in [0.5, 0.6) is 0 Å². The van der Waals surface area contributed by atoms with Crippen molar-refractivity contribution in [1.82, 2.24) is 9.55 Å². The zero-order chi connectivity index (χ0) is 13.7. The molecule has 19 heavy (non-hydrogen) atoms. The van der Waals surface area contributed by atoms with E-state index in [0.717, 1.165) is 5.52 Å². The molecular formula is C12H11BrCl2N2O2. The first-order valence-corrected chi connectivity index (χ1v) is 7.42. The fourth-order valence-corrected chi connectivity index (χ4v) is 3.56. The first-order valence-electron chi connectivity index (χ1n) is 5.87. The molecule has 1 aliphatic rings. The highest BCUT2D eigenvalue weighted by Gasteiger charge is 2.36. The van der Waals surface area contributed by atoms with Crippen LogP contribution in [0.4, 0.5) is 0 Å². The van der Waals surface area contributed by atoms with Gasteiger partial charge in [0.25, 0.3) is 0 Å². The molecule has 0 aliphatic heterocycles. The summed E-state index contributed by atoms with van der Waals surface area (Å²) in [7, 11) is 0. The van der Waals surface area contributed by atoms with Gasteiger partial charge in [-0.1, -0.05) is 23.2 Å². The van der Waals surface area contributed by atoms with E-state index in [-0.39, 0.29) is 6.04 Å². The molecule has 3 atom stereocenters. The number of halogens is 3. The third-order valence-electron chi connectivity index (χ3n) is 3.57. The predicted molar refractivity (Wildman–Crippen MR) is 77.7 cm³/mol. The lowest BCUT2D eigenvalue weighted by molar-refractivity contribution is 0.0238. The summed E-state index contributed by atoms with van der Waals surface area (Å²) in [4.78, 5) is 4.36. The molecule has 7 heteroatoms. The quantitative estimate of drug-likeness (QED) is 0.816. The summed E-state index contributed by atoms with van der Waals surface area (Å²) in [6.07, 6.45) is -0.244. The number of aliphatic hydroxyl groups excluding tert-OH is 2. The van der Waals surface area contributed by atoms with Gasteiger partial charge < -0.3 is 14.8 Å². The molecule has 1 aromatic carbocycles. The number of hydrogen-bond acceptors (Lipinski definition) is 3. The number of imidazole rings is 1. The molecule has 1 heterocycles. The van der Waals surface area contributed by atoms with E-state index in [1.165, 1.54) is 0 Å². The molecule has 3 unspecified atom stereocenters. The van der Waals surface area contributed by atoms with Crippen molar-refractivity contribution in [1.29, 1.82) is 0 Å². The third kappa shape index (κ3) is 2.17. The van der Waals surface area contributed by atoms with Crippen LogP contribution in [0.2, 0.25) is 10.0 Å². The third-order valence-corrected chi connectivity index (χ3v) is 4.85. The first-order chi connectivity index (χ1) is 8.99. The van der Waals surface area contributed by atoms with Gasteiger partial charge in [-0.25, -0.2) is 4.98 Å². The zero-order valence-corrected chi connectivity index (χ0v) is 12.8. The number of aliphatic hydroxyl groups is 2. The molecule has 2 N–H and O–H groups in total. The van der Waals surface area contributed by atoms with E-state index in [9.17, 15) is 10.2 Å². The van der Waals surface area contributed by atoms with Crippen molar-refractivity contribution in [3.63, 3.8) is 0 Å². The van der Waals surface area contributed by atoms with Crippen LogP contribution in [-0.2, 0) is 0 Å². The molecule has 0 amide bonds. The van der Waals surface area contributed by atoms with E-state index in [1.54, 1.807) is 12.1 Å². The van der Waals surface area contributed by atoms with Crippen molar-refractivity contribution in [2.45, 2.75) is 31.1 Å². The standard InChI is InChI=1S/C12H11BrCl2N2O2/c13-12-16-7-3-5(14)6(15)4-9(7)17(12)8-1-2-10(18)11(8)19/h3-4,8,10-11,18-19H,1-2H2. The minimum atomic E-state index is -0.803. The highest BCUT2D eigenvalue weighted by molar-refractivity contribution is 9.10. The summed E-state index contributed by atoms with van der Waals surface area (Å²) in [6, 6.07) is 3.21. The second-order valence-corrected chi connectivity index (χ2v) is 6.23. The van der Waals surface area contributed by atoms with Crippen LogP contribution in [0.25, 0.3) is 11.0 Å². The Morgan fingerprint density at radius 2 is 1.89 bits per heavy atom. The lowest BCUT2D eigenvalue weighted by Crippen LogP contribution is -2.27. The molecule has 0 bridgehead atoms. The summed E-state index contributed by atoms with van der Waals surface area (Å²) in [5, 5.41) is 20.6. The zero-order valence-electron chi connectivity index (χ0n) is 9.72. The molecule has 1 aliphatic carbocycles. The molecule has 2 aromatic rings. The van der Waals surface area contributed by atoms with Crippen molar-refractivity contribution >= 4 is 50.2 Å². The van der Waals surface area contributed by atoms with Crippen LogP contribution < -0.4 is 0 Å². The summed E-state index contributed by atoms with van der Waals surface area (Å²) in [6.45, 7) is 0. The van der Waals surface area contributed by atoms with Crippen molar-refractivity contribution in [2.24, 2.45) is 0 Å². The van der Waals surface area contributed by atoms with Gasteiger partial charge in [0.15, 0.2) is 4.73 Å². The molecule has 3 rings (SSSR count). The van der Waals surface area contributed by atoms with Gasteiger partial charge in [-0.15, -0.1) is 0 Å². The van der Waals surface area contributed by atoms with Crippen molar-refractivity contribution < 1.29 is 10.2 Å². The smallest absolute Gasteiger partial charge is 0.178 e. The van der Waals surface area contributed by atoms with E-state index in [0.29, 0.717) is 33.1 Å². The largest absolute Gasteiger partial charge is 0.390 e. The fourth-order valence-electron chi connectivity index (χ4n) is 2.60. The number of hydrogen-bond donors (Lipinski definition) is 2. The van der Waals surface area contributed by atoms with Crippen LogP contribution in [0.1, 0.15) is 18.9 Å². The number of rotatable bonds is 1. The van der Waals surface area contributed by atoms with Crippen LogP contribution in [-0.4, -0.2) is 32.0 Å². The topological polar surface area (TPSA) is 58.3 Å². The molecule has 102 valence electrons. The molecule has 1 saturated carbocycles. The van der Waals surface area contributed by atoms with Crippen LogP contribution >= 0.6 is 39.1 Å². The van der Waals surface area contributed by atoms with E-state index in [4.69, 9.17) is 23.2 Å². The van der Waals surface area contributed by atoms with Gasteiger partial charge in [-0.05, 0) is 40.9 Å². The predicted octanol–water partition coefficient (Wildman–Crippen LogP) is 3.16. The van der Waals surface area contributed by atoms with Crippen LogP contribution in [0, 0.1) is 0 Å². The lowest BCUT2D eigenvalue weighted by Gasteiger charge is -2.19. The minimum Gasteiger partial charge on any atom is -0.390 e. The SMILES string of the molecule is OC1CCC(n2c(Br)nc3cc(Cl)c(Cl)cc32)C1O. The maximum absolute atomic E-state index is 10.1. The van der Waals surface area contributed by atoms with Gasteiger partial charge in [-0.2, -0.15) is 0 Å². The Bertz CT molecular complexity index is 646. The Hall–Kier alpha value is -0.330. The molecule has 4 nitrogen and oxygen atoms in total. The fraction of sp³-hybridized carbons (Fsp3) is 0.417. The van der Waals surface area contributed by atoms with Gasteiger partial charge in [0.1, 0.15) is 6.10 Å².